The molecule has 0 aliphatic carbocycles. The lowest BCUT2D eigenvalue weighted by atomic mass is 10.2. The summed E-state index contributed by atoms with van der Waals surface area (Å²) in [7, 11) is 1.53. The topological polar surface area (TPSA) is 75.8 Å². The molecule has 0 bridgehead atoms. The van der Waals surface area contributed by atoms with Crippen LogP contribution < -0.4 is 10.5 Å². The Morgan fingerprint density at radius 2 is 1.73 bits per heavy atom. The second-order valence-electron chi connectivity index (χ2n) is 5.79. The number of aliphatic hydroxyl groups excluding tert-OH is 1. The number of likely N-dealkylation sites (N-methyl/N-ethyl adjacent to an activating group) is 1. The van der Waals surface area contributed by atoms with Crippen molar-refractivity contribution in [1.82, 2.24) is 4.90 Å². The number of amides is 1. The van der Waals surface area contributed by atoms with Crippen LogP contribution in [0.25, 0.3) is 0 Å². The molecular formula is C18H19F3N2O3. The Balaban J connectivity index is 1.85. The second kappa shape index (κ2) is 8.09. The highest BCUT2D eigenvalue weighted by Gasteiger charge is 2.30. The van der Waals surface area contributed by atoms with E-state index in [1.165, 1.54) is 24.1 Å². The first kappa shape index (κ1) is 19.6. The van der Waals surface area contributed by atoms with Crippen LogP contribution in [-0.4, -0.2) is 42.2 Å². The third kappa shape index (κ3) is 5.38. The van der Waals surface area contributed by atoms with Gasteiger partial charge < -0.3 is 20.5 Å². The lowest BCUT2D eigenvalue weighted by molar-refractivity contribution is -0.137. The lowest BCUT2D eigenvalue weighted by Gasteiger charge is -2.21. The number of halogens is 3. The molecule has 0 aliphatic rings. The number of ether oxygens (including phenoxy) is 1. The molecule has 2 rings (SSSR count). The second-order valence-corrected chi connectivity index (χ2v) is 5.79. The molecular weight excluding hydrogens is 349 g/mol. The molecule has 8 heteroatoms. The van der Waals surface area contributed by atoms with Gasteiger partial charge in [-0.05, 0) is 48.5 Å². The van der Waals surface area contributed by atoms with Crippen molar-refractivity contribution in [2.45, 2.75) is 12.3 Å². The van der Waals surface area contributed by atoms with Crippen molar-refractivity contribution in [2.24, 2.45) is 0 Å². The molecule has 0 fully saturated rings. The van der Waals surface area contributed by atoms with Crippen molar-refractivity contribution in [3.05, 3.63) is 59.7 Å². The molecule has 1 amide bonds. The highest BCUT2D eigenvalue weighted by Crippen LogP contribution is 2.30. The third-order valence-electron chi connectivity index (χ3n) is 3.61. The van der Waals surface area contributed by atoms with E-state index in [9.17, 15) is 23.1 Å². The summed E-state index contributed by atoms with van der Waals surface area (Å²) in [5, 5.41) is 9.99. The number of hydrogen-bond donors (Lipinski definition) is 2. The van der Waals surface area contributed by atoms with E-state index in [0.717, 1.165) is 12.1 Å². The minimum atomic E-state index is -4.41. The molecule has 2 aromatic rings. The standard InChI is InChI=1S/C18H19F3N2O3/c1-23(17(25)12-2-6-14(22)7-3-12)10-15(24)11-26-16-8-4-13(5-9-16)18(19,20)21/h2-9,15,24H,10-11,22H2,1H3. The number of alkyl halides is 3. The summed E-state index contributed by atoms with van der Waals surface area (Å²) >= 11 is 0. The Bertz CT molecular complexity index is 731. The number of benzene rings is 2. The maximum Gasteiger partial charge on any atom is 0.416 e. The van der Waals surface area contributed by atoms with Gasteiger partial charge in [-0.2, -0.15) is 13.2 Å². The van der Waals surface area contributed by atoms with Crippen LogP contribution >= 0.6 is 0 Å². The van der Waals surface area contributed by atoms with Crippen molar-refractivity contribution in [3.8, 4) is 5.75 Å². The van der Waals surface area contributed by atoms with E-state index < -0.39 is 17.8 Å². The summed E-state index contributed by atoms with van der Waals surface area (Å²) in [6.07, 6.45) is -5.41. The van der Waals surface area contributed by atoms with Crippen LogP contribution in [0.15, 0.2) is 48.5 Å². The predicted molar refractivity (Wildman–Crippen MR) is 90.8 cm³/mol. The Kier molecular flexibility index (Phi) is 6.10. The summed E-state index contributed by atoms with van der Waals surface area (Å²) in [5.41, 5.74) is 5.75. The van der Waals surface area contributed by atoms with Gasteiger partial charge in [0, 0.05) is 24.8 Å². The zero-order valence-corrected chi connectivity index (χ0v) is 14.0. The molecule has 2 aromatic carbocycles. The molecule has 1 unspecified atom stereocenters. The van der Waals surface area contributed by atoms with Crippen molar-refractivity contribution in [1.29, 1.82) is 0 Å². The van der Waals surface area contributed by atoms with Gasteiger partial charge in [-0.15, -0.1) is 0 Å². The zero-order valence-electron chi connectivity index (χ0n) is 14.0. The minimum Gasteiger partial charge on any atom is -0.491 e. The zero-order chi connectivity index (χ0) is 19.3. The summed E-state index contributed by atoms with van der Waals surface area (Å²) in [5.74, 6) is -0.0943. The van der Waals surface area contributed by atoms with Gasteiger partial charge in [-0.3, -0.25) is 4.79 Å². The van der Waals surface area contributed by atoms with Gasteiger partial charge in [-0.1, -0.05) is 0 Å². The average Bonchev–Trinajstić information content (AvgIpc) is 2.59. The molecule has 0 heterocycles. The normalized spacial score (nSPS) is 12.5. The monoisotopic (exact) mass is 368 g/mol. The molecule has 26 heavy (non-hydrogen) atoms. The molecule has 1 atom stereocenters. The fourth-order valence-corrected chi connectivity index (χ4v) is 2.23. The van der Waals surface area contributed by atoms with Gasteiger partial charge in [0.1, 0.15) is 18.5 Å². The van der Waals surface area contributed by atoms with Crippen LogP contribution in [0.2, 0.25) is 0 Å². The first-order valence-electron chi connectivity index (χ1n) is 7.76. The van der Waals surface area contributed by atoms with Gasteiger partial charge in [0.15, 0.2) is 0 Å². The number of carbonyl (C=O) groups is 1. The quantitative estimate of drug-likeness (QED) is 0.769. The molecule has 5 nitrogen and oxygen atoms in total. The van der Waals surface area contributed by atoms with E-state index in [1.807, 2.05) is 0 Å². The van der Waals surface area contributed by atoms with Gasteiger partial charge in [0.25, 0.3) is 5.91 Å². The van der Waals surface area contributed by atoms with Crippen LogP contribution in [0, 0.1) is 0 Å². The predicted octanol–water partition coefficient (Wildman–Crippen LogP) is 2.80. The van der Waals surface area contributed by atoms with Crippen LogP contribution in [0.3, 0.4) is 0 Å². The molecule has 0 spiro atoms. The molecule has 3 N–H and O–H groups in total. The number of rotatable bonds is 6. The van der Waals surface area contributed by atoms with E-state index in [0.29, 0.717) is 11.3 Å². The number of nitrogens with two attached hydrogens (primary N) is 1. The van der Waals surface area contributed by atoms with Gasteiger partial charge in [0.05, 0.1) is 5.56 Å². The smallest absolute Gasteiger partial charge is 0.416 e. The van der Waals surface area contributed by atoms with E-state index in [-0.39, 0.29) is 24.8 Å². The molecule has 140 valence electrons. The largest absolute Gasteiger partial charge is 0.491 e. The molecule has 0 aliphatic heterocycles. The first-order chi connectivity index (χ1) is 12.2. The van der Waals surface area contributed by atoms with E-state index in [1.54, 1.807) is 24.3 Å². The van der Waals surface area contributed by atoms with Crippen LogP contribution in [-0.2, 0) is 6.18 Å². The Morgan fingerprint density at radius 1 is 1.15 bits per heavy atom. The van der Waals surface area contributed by atoms with Crippen molar-refractivity contribution < 1.29 is 27.8 Å². The summed E-state index contributed by atoms with van der Waals surface area (Å²) in [6.45, 7) is -0.158. The van der Waals surface area contributed by atoms with Crippen LogP contribution in [0.4, 0.5) is 18.9 Å². The number of carbonyl (C=O) groups excluding carboxylic acids is 1. The maximum absolute atomic E-state index is 12.5. The first-order valence-corrected chi connectivity index (χ1v) is 7.76. The number of nitrogens with zero attached hydrogens (tertiary/aromatic N) is 1. The summed E-state index contributed by atoms with van der Waals surface area (Å²) in [4.78, 5) is 13.5. The average molecular weight is 368 g/mol. The van der Waals surface area contributed by atoms with Crippen LogP contribution in [0.5, 0.6) is 5.75 Å². The fourth-order valence-electron chi connectivity index (χ4n) is 2.23. The Morgan fingerprint density at radius 3 is 2.27 bits per heavy atom. The summed E-state index contributed by atoms with van der Waals surface area (Å²) < 4.78 is 42.7. The Labute approximate surface area is 148 Å². The van der Waals surface area contributed by atoms with E-state index >= 15 is 0 Å². The maximum atomic E-state index is 12.5. The summed E-state index contributed by atoms with van der Waals surface area (Å²) in [6, 6.07) is 10.5. The van der Waals surface area contributed by atoms with Gasteiger partial charge in [-0.25, -0.2) is 0 Å². The highest BCUT2D eigenvalue weighted by molar-refractivity contribution is 5.94. The Hall–Kier alpha value is -2.74. The minimum absolute atomic E-state index is 0.00381. The SMILES string of the molecule is CN(CC(O)COc1ccc(C(F)(F)F)cc1)C(=O)c1ccc(N)cc1. The molecule has 0 radical (unpaired) electrons. The third-order valence-corrected chi connectivity index (χ3v) is 3.61. The van der Waals surface area contributed by atoms with Crippen molar-refractivity contribution >= 4 is 11.6 Å². The van der Waals surface area contributed by atoms with Gasteiger partial charge >= 0.3 is 6.18 Å². The van der Waals surface area contributed by atoms with Crippen molar-refractivity contribution in [3.63, 3.8) is 0 Å². The number of hydrogen-bond acceptors (Lipinski definition) is 4. The van der Waals surface area contributed by atoms with E-state index in [2.05, 4.69) is 0 Å². The molecule has 0 saturated carbocycles. The number of aliphatic hydroxyl groups is 1. The molecule has 0 saturated heterocycles. The molecule has 0 aromatic heterocycles. The van der Waals surface area contributed by atoms with Crippen molar-refractivity contribution in [2.75, 3.05) is 25.9 Å². The highest BCUT2D eigenvalue weighted by atomic mass is 19.4. The lowest BCUT2D eigenvalue weighted by Crippen LogP contribution is -2.37. The fraction of sp³-hybridized carbons (Fsp3) is 0.278. The number of nitrogen functional groups attached to an aromatic ring is 1. The van der Waals surface area contributed by atoms with Gasteiger partial charge in [0.2, 0.25) is 0 Å². The van der Waals surface area contributed by atoms with E-state index in [4.69, 9.17) is 10.5 Å². The van der Waals surface area contributed by atoms with Crippen LogP contribution in [0.1, 0.15) is 15.9 Å². The number of anilines is 1.